The van der Waals surface area contributed by atoms with Crippen LogP contribution in [-0.4, -0.2) is 36.4 Å². The fourth-order valence-corrected chi connectivity index (χ4v) is 3.69. The number of carboxylic acids is 1. The number of carbonyl (C=O) groups is 2. The highest BCUT2D eigenvalue weighted by Crippen LogP contribution is 2.32. The van der Waals surface area contributed by atoms with Gasteiger partial charge in [0, 0.05) is 30.3 Å². The number of aromatic nitrogens is 4. The zero-order chi connectivity index (χ0) is 24.5. The van der Waals surface area contributed by atoms with E-state index in [1.54, 1.807) is 6.20 Å². The Morgan fingerprint density at radius 1 is 0.971 bits per heavy atom. The topological polar surface area (TPSA) is 133 Å². The fourth-order valence-electron chi connectivity index (χ4n) is 3.69. The molecule has 0 aliphatic rings. The summed E-state index contributed by atoms with van der Waals surface area (Å²) in [4.78, 5) is 32.6. The molecule has 3 N–H and O–H groups in total. The molecule has 0 spiro atoms. The number of hydrogen-bond acceptors (Lipinski definition) is 7. The molecule has 0 unspecified atom stereocenters. The van der Waals surface area contributed by atoms with Crippen LogP contribution in [-0.2, 0) is 0 Å². The first kappa shape index (κ1) is 21.8. The monoisotopic (exact) mass is 465 g/mol. The molecule has 0 saturated carbocycles. The van der Waals surface area contributed by atoms with Crippen molar-refractivity contribution in [3.8, 4) is 34.0 Å². The molecule has 9 nitrogen and oxygen atoms in total. The fraction of sp³-hybridized carbons (Fsp3) is 0.0385. The van der Waals surface area contributed by atoms with Crippen LogP contribution in [0.1, 0.15) is 27.8 Å². The highest BCUT2D eigenvalue weighted by molar-refractivity contribution is 6.03. The van der Waals surface area contributed by atoms with E-state index in [1.807, 2.05) is 42.5 Å². The normalized spacial score (nSPS) is 10.9. The first-order valence-corrected chi connectivity index (χ1v) is 10.6. The van der Waals surface area contributed by atoms with Crippen molar-refractivity contribution in [1.29, 1.82) is 0 Å². The van der Waals surface area contributed by atoms with Gasteiger partial charge in [0.25, 0.3) is 0 Å². The van der Waals surface area contributed by atoms with E-state index in [0.717, 1.165) is 11.3 Å². The van der Waals surface area contributed by atoms with E-state index in [4.69, 9.17) is 15.6 Å². The molecule has 0 aliphatic carbocycles. The van der Waals surface area contributed by atoms with E-state index in [1.165, 1.54) is 41.8 Å². The van der Waals surface area contributed by atoms with E-state index < -0.39 is 5.97 Å². The Morgan fingerprint density at radius 2 is 1.71 bits per heavy atom. The number of ether oxygens (including phenoxy) is 1. The maximum Gasteiger partial charge on any atom is 0.335 e. The molecule has 2 aromatic carbocycles. The summed E-state index contributed by atoms with van der Waals surface area (Å²) in [7, 11) is 0. The summed E-state index contributed by atoms with van der Waals surface area (Å²) in [6.07, 6.45) is 1.67. The van der Waals surface area contributed by atoms with E-state index in [2.05, 4.69) is 15.1 Å². The third-order valence-corrected chi connectivity index (χ3v) is 5.37. The van der Waals surface area contributed by atoms with Crippen molar-refractivity contribution in [2.24, 2.45) is 0 Å². The van der Waals surface area contributed by atoms with Crippen LogP contribution in [0.2, 0.25) is 0 Å². The van der Waals surface area contributed by atoms with Gasteiger partial charge in [0.15, 0.2) is 11.4 Å². The molecule has 0 bridgehead atoms. The van der Waals surface area contributed by atoms with E-state index in [0.29, 0.717) is 22.5 Å². The minimum atomic E-state index is -1.03. The highest BCUT2D eigenvalue weighted by Gasteiger charge is 2.22. The van der Waals surface area contributed by atoms with Crippen LogP contribution < -0.4 is 10.5 Å². The zero-order valence-electron chi connectivity index (χ0n) is 18.5. The SMILES string of the molecule is CC(=O)c1nn2c(N)cc(Oc3ccc(C(=O)O)cc3)nc2c1-c1ccc(-c2ccccc2)nc1. The van der Waals surface area contributed by atoms with Crippen molar-refractivity contribution in [3.05, 3.63) is 90.3 Å². The Labute approximate surface area is 199 Å². The Balaban J connectivity index is 1.58. The van der Waals surface area contributed by atoms with Gasteiger partial charge in [0.05, 0.1) is 16.8 Å². The van der Waals surface area contributed by atoms with E-state index in [9.17, 15) is 9.59 Å². The molecule has 0 saturated heterocycles. The second-order valence-electron chi connectivity index (χ2n) is 7.76. The molecule has 3 heterocycles. The molecular formula is C26H19N5O4. The number of nitrogens with two attached hydrogens (primary N) is 1. The Morgan fingerprint density at radius 3 is 2.34 bits per heavy atom. The van der Waals surface area contributed by atoms with Crippen molar-refractivity contribution in [2.75, 3.05) is 5.73 Å². The minimum absolute atomic E-state index is 0.135. The second-order valence-corrected chi connectivity index (χ2v) is 7.76. The molecule has 35 heavy (non-hydrogen) atoms. The van der Waals surface area contributed by atoms with Gasteiger partial charge < -0.3 is 15.6 Å². The van der Waals surface area contributed by atoms with Crippen molar-refractivity contribution in [2.45, 2.75) is 6.92 Å². The molecule has 5 aromatic rings. The van der Waals surface area contributed by atoms with E-state index in [-0.39, 0.29) is 28.7 Å². The average molecular weight is 465 g/mol. The second kappa shape index (κ2) is 8.71. The van der Waals surface area contributed by atoms with Crippen LogP contribution in [0.5, 0.6) is 11.6 Å². The van der Waals surface area contributed by atoms with Gasteiger partial charge >= 0.3 is 5.97 Å². The van der Waals surface area contributed by atoms with E-state index >= 15 is 0 Å². The molecule has 0 fully saturated rings. The van der Waals surface area contributed by atoms with Crippen LogP contribution in [0.3, 0.4) is 0 Å². The maximum absolute atomic E-state index is 12.4. The number of carbonyl (C=O) groups excluding carboxylic acids is 1. The molecule has 172 valence electrons. The Kier molecular flexibility index (Phi) is 5.42. The van der Waals surface area contributed by atoms with Crippen molar-refractivity contribution in [3.63, 3.8) is 0 Å². The lowest BCUT2D eigenvalue weighted by Gasteiger charge is -2.08. The third kappa shape index (κ3) is 4.18. The van der Waals surface area contributed by atoms with Gasteiger partial charge in [-0.15, -0.1) is 0 Å². The number of rotatable bonds is 6. The van der Waals surface area contributed by atoms with Crippen LogP contribution in [0, 0.1) is 0 Å². The number of pyridine rings is 1. The van der Waals surface area contributed by atoms with Crippen molar-refractivity contribution >= 4 is 23.2 Å². The number of Topliss-reactive ketones (excluding diaryl/α,β-unsaturated/α-hetero) is 1. The predicted octanol–water partition coefficient (Wildman–Crippen LogP) is 4.73. The first-order chi connectivity index (χ1) is 16.9. The number of nitrogens with zero attached hydrogens (tertiary/aromatic N) is 4. The summed E-state index contributed by atoms with van der Waals surface area (Å²) in [6, 6.07) is 20.9. The van der Waals surface area contributed by atoms with Gasteiger partial charge in [-0.1, -0.05) is 36.4 Å². The number of carboxylic acid groups (broad SMARTS) is 1. The Bertz CT molecular complexity index is 1560. The van der Waals surface area contributed by atoms with Crippen LogP contribution in [0.15, 0.2) is 79.0 Å². The number of benzene rings is 2. The summed E-state index contributed by atoms with van der Waals surface area (Å²) in [6.45, 7) is 1.43. The highest BCUT2D eigenvalue weighted by atomic mass is 16.5. The number of anilines is 1. The van der Waals surface area contributed by atoms with Crippen molar-refractivity contribution < 1.29 is 19.4 Å². The molecule has 0 radical (unpaired) electrons. The van der Waals surface area contributed by atoms with Gasteiger partial charge in [-0.2, -0.15) is 14.6 Å². The summed E-state index contributed by atoms with van der Waals surface area (Å²) in [5.74, 6) is -0.511. The molecule has 0 amide bonds. The van der Waals surface area contributed by atoms with Gasteiger partial charge in [-0.3, -0.25) is 9.78 Å². The molecule has 0 atom stereocenters. The smallest absolute Gasteiger partial charge is 0.335 e. The van der Waals surface area contributed by atoms with Crippen LogP contribution in [0.4, 0.5) is 5.82 Å². The zero-order valence-corrected chi connectivity index (χ0v) is 18.5. The summed E-state index contributed by atoms with van der Waals surface area (Å²) >= 11 is 0. The number of hydrogen-bond donors (Lipinski definition) is 2. The van der Waals surface area contributed by atoms with Gasteiger partial charge in [0.2, 0.25) is 5.88 Å². The largest absolute Gasteiger partial charge is 0.478 e. The minimum Gasteiger partial charge on any atom is -0.478 e. The van der Waals surface area contributed by atoms with Crippen LogP contribution in [0.25, 0.3) is 28.0 Å². The quantitative estimate of drug-likeness (QED) is 0.344. The summed E-state index contributed by atoms with van der Waals surface area (Å²) in [5, 5.41) is 13.5. The summed E-state index contributed by atoms with van der Waals surface area (Å²) in [5.41, 5.74) is 9.79. The third-order valence-electron chi connectivity index (χ3n) is 5.37. The molecule has 9 heteroatoms. The van der Waals surface area contributed by atoms with Crippen molar-refractivity contribution in [1.82, 2.24) is 19.6 Å². The first-order valence-electron chi connectivity index (χ1n) is 10.6. The lowest BCUT2D eigenvalue weighted by atomic mass is 10.0. The summed E-state index contributed by atoms with van der Waals surface area (Å²) < 4.78 is 7.20. The van der Waals surface area contributed by atoms with Gasteiger partial charge in [-0.05, 0) is 30.3 Å². The molecule has 0 aliphatic heterocycles. The maximum atomic E-state index is 12.4. The van der Waals surface area contributed by atoms with Crippen LogP contribution >= 0.6 is 0 Å². The molecule has 3 aromatic heterocycles. The predicted molar refractivity (Wildman–Crippen MR) is 130 cm³/mol. The Hall–Kier alpha value is -5.05. The number of aromatic carboxylic acids is 1. The average Bonchev–Trinajstić information content (AvgIpc) is 3.25. The molecular weight excluding hydrogens is 446 g/mol. The number of nitrogen functional groups attached to an aromatic ring is 1. The number of fused-ring (bicyclic) bond motifs is 1. The van der Waals surface area contributed by atoms with Gasteiger partial charge in [0.1, 0.15) is 17.3 Å². The lowest BCUT2D eigenvalue weighted by Crippen LogP contribution is -2.02. The standard InChI is InChI=1S/C26H19N5O4/c1-15(32)24-23(18-9-12-20(28-14-18)16-5-3-2-4-6-16)25-29-22(13-21(27)31(25)30-24)35-19-10-7-17(8-11-19)26(33)34/h2-14H,27H2,1H3,(H,33,34). The lowest BCUT2D eigenvalue weighted by molar-refractivity contribution is 0.0696. The number of ketones is 1. The van der Waals surface area contributed by atoms with Gasteiger partial charge in [-0.25, -0.2) is 4.79 Å². The molecule has 5 rings (SSSR count).